The van der Waals surface area contributed by atoms with Gasteiger partial charge in [0.05, 0.1) is 13.2 Å². The zero-order valence-corrected chi connectivity index (χ0v) is 7.82. The second-order valence-electron chi connectivity index (χ2n) is 2.28. The molecule has 0 saturated heterocycles. The van der Waals surface area contributed by atoms with E-state index in [9.17, 15) is 9.59 Å². The predicted molar refractivity (Wildman–Crippen MR) is 49.6 cm³/mol. The maximum Gasteiger partial charge on any atom is 0.330 e. The van der Waals surface area contributed by atoms with Gasteiger partial charge in [-0.1, -0.05) is 6.58 Å². The molecule has 0 aliphatic heterocycles. The van der Waals surface area contributed by atoms with E-state index >= 15 is 0 Å². The second-order valence-corrected chi connectivity index (χ2v) is 2.28. The van der Waals surface area contributed by atoms with E-state index in [1.54, 1.807) is 0 Å². The molecule has 6 heteroatoms. The molecular formula is C8H14N2O4. The van der Waals surface area contributed by atoms with Gasteiger partial charge in [0.15, 0.2) is 0 Å². The Morgan fingerprint density at radius 3 is 2.64 bits per heavy atom. The quantitative estimate of drug-likeness (QED) is 0.327. The molecule has 14 heavy (non-hydrogen) atoms. The van der Waals surface area contributed by atoms with Crippen LogP contribution in [-0.4, -0.2) is 38.4 Å². The molecule has 80 valence electrons. The summed E-state index contributed by atoms with van der Waals surface area (Å²) in [5.74, 6) is -0.483. The van der Waals surface area contributed by atoms with Crippen molar-refractivity contribution in [1.82, 2.24) is 5.32 Å². The first kappa shape index (κ1) is 12.4. The number of hydrogen-bond donors (Lipinski definition) is 2. The number of urea groups is 1. The third-order valence-corrected chi connectivity index (χ3v) is 1.18. The van der Waals surface area contributed by atoms with E-state index in [1.165, 1.54) is 0 Å². The Morgan fingerprint density at radius 1 is 1.36 bits per heavy atom. The number of nitrogens with one attached hydrogen (secondary N) is 1. The Balaban J connectivity index is 3.10. The van der Waals surface area contributed by atoms with Crippen molar-refractivity contribution >= 4 is 12.0 Å². The number of rotatable bonds is 7. The maximum atomic E-state index is 10.5. The van der Waals surface area contributed by atoms with E-state index in [4.69, 9.17) is 10.5 Å². The molecule has 2 amide bonds. The van der Waals surface area contributed by atoms with Crippen LogP contribution in [0.25, 0.3) is 0 Å². The van der Waals surface area contributed by atoms with Crippen molar-refractivity contribution in [2.45, 2.75) is 0 Å². The Labute approximate surface area is 82.0 Å². The number of esters is 1. The SMILES string of the molecule is C=CC(=O)OCCOCCNC(N)=O. The molecule has 0 unspecified atom stereocenters. The summed E-state index contributed by atoms with van der Waals surface area (Å²) in [4.78, 5) is 20.7. The fourth-order valence-electron chi connectivity index (χ4n) is 0.609. The molecule has 0 saturated carbocycles. The second kappa shape index (κ2) is 8.06. The van der Waals surface area contributed by atoms with Crippen molar-refractivity contribution in [1.29, 1.82) is 0 Å². The standard InChI is InChI=1S/C8H14N2O4/c1-2-7(11)14-6-5-13-4-3-10-8(9)12/h2H,1,3-6H2,(H3,9,10,12). The van der Waals surface area contributed by atoms with Crippen molar-refractivity contribution < 1.29 is 19.1 Å². The zero-order valence-electron chi connectivity index (χ0n) is 7.82. The van der Waals surface area contributed by atoms with Crippen molar-refractivity contribution in [3.8, 4) is 0 Å². The van der Waals surface area contributed by atoms with Crippen LogP contribution in [0, 0.1) is 0 Å². The third kappa shape index (κ3) is 8.54. The van der Waals surface area contributed by atoms with Gasteiger partial charge < -0.3 is 20.5 Å². The fraction of sp³-hybridized carbons (Fsp3) is 0.500. The molecule has 6 nitrogen and oxygen atoms in total. The molecule has 0 aromatic rings. The summed E-state index contributed by atoms with van der Waals surface area (Å²) < 4.78 is 9.62. The van der Waals surface area contributed by atoms with Crippen LogP contribution in [0.15, 0.2) is 12.7 Å². The highest BCUT2D eigenvalue weighted by Gasteiger charge is 1.95. The van der Waals surface area contributed by atoms with Crippen LogP contribution in [-0.2, 0) is 14.3 Å². The van der Waals surface area contributed by atoms with Crippen molar-refractivity contribution in [2.24, 2.45) is 5.73 Å². The monoisotopic (exact) mass is 202 g/mol. The van der Waals surface area contributed by atoms with E-state index in [2.05, 4.69) is 16.6 Å². The average Bonchev–Trinajstić information content (AvgIpc) is 2.15. The Kier molecular flexibility index (Phi) is 7.16. The first-order chi connectivity index (χ1) is 6.66. The fourth-order valence-corrected chi connectivity index (χ4v) is 0.609. The number of carbonyl (C=O) groups is 2. The van der Waals surface area contributed by atoms with Gasteiger partial charge in [-0.05, 0) is 0 Å². The largest absolute Gasteiger partial charge is 0.460 e. The molecule has 0 aliphatic carbocycles. The minimum atomic E-state index is -0.591. The molecule has 0 spiro atoms. The minimum absolute atomic E-state index is 0.168. The van der Waals surface area contributed by atoms with Gasteiger partial charge in [-0.25, -0.2) is 9.59 Å². The highest BCUT2D eigenvalue weighted by atomic mass is 16.6. The van der Waals surface area contributed by atoms with Gasteiger partial charge in [-0.3, -0.25) is 0 Å². The lowest BCUT2D eigenvalue weighted by molar-refractivity contribution is -0.139. The van der Waals surface area contributed by atoms with Crippen molar-refractivity contribution in [2.75, 3.05) is 26.4 Å². The maximum absolute atomic E-state index is 10.5. The molecule has 0 radical (unpaired) electrons. The molecule has 0 aromatic heterocycles. The van der Waals surface area contributed by atoms with Crippen LogP contribution >= 0.6 is 0 Å². The van der Waals surface area contributed by atoms with Gasteiger partial charge in [0, 0.05) is 12.6 Å². The van der Waals surface area contributed by atoms with Gasteiger partial charge in [-0.15, -0.1) is 0 Å². The summed E-state index contributed by atoms with van der Waals surface area (Å²) >= 11 is 0. The summed E-state index contributed by atoms with van der Waals surface area (Å²) in [6.07, 6.45) is 1.08. The smallest absolute Gasteiger partial charge is 0.330 e. The van der Waals surface area contributed by atoms with Gasteiger partial charge in [0.2, 0.25) is 0 Å². The summed E-state index contributed by atoms with van der Waals surface area (Å²) in [5.41, 5.74) is 4.81. The van der Waals surface area contributed by atoms with E-state index in [1.807, 2.05) is 0 Å². The number of primary amides is 1. The summed E-state index contributed by atoms with van der Waals surface area (Å²) in [7, 11) is 0. The molecule has 0 aromatic carbocycles. The highest BCUT2D eigenvalue weighted by molar-refractivity contribution is 5.81. The summed E-state index contributed by atoms with van der Waals surface area (Å²) in [6.45, 7) is 4.34. The molecule has 0 rings (SSSR count). The van der Waals surface area contributed by atoms with Crippen LogP contribution in [0.5, 0.6) is 0 Å². The van der Waals surface area contributed by atoms with Crippen molar-refractivity contribution in [3.63, 3.8) is 0 Å². The first-order valence-corrected chi connectivity index (χ1v) is 4.07. The van der Waals surface area contributed by atoms with Crippen LogP contribution in [0.4, 0.5) is 4.79 Å². The molecule has 0 aliphatic rings. The Morgan fingerprint density at radius 2 is 2.07 bits per heavy atom. The van der Waals surface area contributed by atoms with E-state index < -0.39 is 12.0 Å². The number of amides is 2. The Bertz CT molecular complexity index is 206. The topological polar surface area (TPSA) is 90.7 Å². The molecular weight excluding hydrogens is 188 g/mol. The highest BCUT2D eigenvalue weighted by Crippen LogP contribution is 1.80. The van der Waals surface area contributed by atoms with Gasteiger partial charge in [-0.2, -0.15) is 0 Å². The normalized spacial score (nSPS) is 9.14. The minimum Gasteiger partial charge on any atom is -0.460 e. The van der Waals surface area contributed by atoms with Crippen LogP contribution < -0.4 is 11.1 Å². The van der Waals surface area contributed by atoms with Gasteiger partial charge >= 0.3 is 12.0 Å². The van der Waals surface area contributed by atoms with Crippen LogP contribution in [0.2, 0.25) is 0 Å². The summed E-state index contributed by atoms with van der Waals surface area (Å²) in [5, 5.41) is 2.35. The first-order valence-electron chi connectivity index (χ1n) is 4.07. The lowest BCUT2D eigenvalue weighted by Crippen LogP contribution is -2.32. The van der Waals surface area contributed by atoms with E-state index in [0.29, 0.717) is 13.2 Å². The van der Waals surface area contributed by atoms with Gasteiger partial charge in [0.1, 0.15) is 6.61 Å². The number of ether oxygens (including phenoxy) is 2. The predicted octanol–water partition coefficient (Wildman–Crippen LogP) is -0.599. The van der Waals surface area contributed by atoms with Crippen LogP contribution in [0.3, 0.4) is 0 Å². The molecule has 0 fully saturated rings. The van der Waals surface area contributed by atoms with E-state index in [-0.39, 0.29) is 13.2 Å². The lowest BCUT2D eigenvalue weighted by atomic mass is 10.6. The number of hydrogen-bond acceptors (Lipinski definition) is 4. The number of nitrogens with two attached hydrogens (primary N) is 1. The Hall–Kier alpha value is -1.56. The zero-order chi connectivity index (χ0) is 10.8. The van der Waals surface area contributed by atoms with Crippen molar-refractivity contribution in [3.05, 3.63) is 12.7 Å². The molecule has 3 N–H and O–H groups in total. The summed E-state index contributed by atoms with van der Waals surface area (Å²) in [6, 6.07) is -0.591. The third-order valence-electron chi connectivity index (χ3n) is 1.18. The van der Waals surface area contributed by atoms with E-state index in [0.717, 1.165) is 6.08 Å². The number of carbonyl (C=O) groups excluding carboxylic acids is 2. The molecule has 0 bridgehead atoms. The average molecular weight is 202 g/mol. The molecule has 0 heterocycles. The van der Waals surface area contributed by atoms with Crippen LogP contribution in [0.1, 0.15) is 0 Å². The lowest BCUT2D eigenvalue weighted by Gasteiger charge is -2.04. The molecule has 0 atom stereocenters. The van der Waals surface area contributed by atoms with Gasteiger partial charge in [0.25, 0.3) is 0 Å².